The Morgan fingerprint density at radius 2 is 1.82 bits per heavy atom. The molecule has 1 aliphatic rings. The molecule has 1 atom stereocenters. The largest absolute Gasteiger partial charge is 0.328 e. The third-order valence-electron chi connectivity index (χ3n) is 3.54. The third-order valence-corrected chi connectivity index (χ3v) is 3.54. The van der Waals surface area contributed by atoms with E-state index in [9.17, 15) is 0 Å². The Morgan fingerprint density at radius 3 is 2.35 bits per heavy atom. The zero-order valence-electron chi connectivity index (χ0n) is 10.6. The van der Waals surface area contributed by atoms with Crippen LogP contribution in [0.5, 0.6) is 0 Å². The topological polar surface area (TPSA) is 55.3 Å². The van der Waals surface area contributed by atoms with Gasteiger partial charge in [-0.25, -0.2) is 0 Å². The van der Waals surface area contributed by atoms with E-state index in [2.05, 4.69) is 29.2 Å². The van der Waals surface area contributed by atoms with Crippen LogP contribution in [0.25, 0.3) is 0 Å². The first-order chi connectivity index (χ1) is 8.15. The number of hydrogen-bond donors (Lipinski definition) is 2. The lowest BCUT2D eigenvalue weighted by molar-refractivity contribution is 0.205. The Labute approximate surface area is 104 Å². The molecule has 1 aromatic rings. The lowest BCUT2D eigenvalue weighted by atomic mass is 10.0. The van der Waals surface area contributed by atoms with Gasteiger partial charge in [0.2, 0.25) is 0 Å². The van der Waals surface area contributed by atoms with Crippen molar-refractivity contribution in [3.8, 4) is 0 Å². The van der Waals surface area contributed by atoms with Gasteiger partial charge in [-0.2, -0.15) is 0 Å². The Balaban J connectivity index is 1.90. The predicted octanol–water partition coefficient (Wildman–Crippen LogP) is 1.63. The number of rotatable bonds is 3. The molecule has 1 aromatic carbocycles. The fraction of sp³-hybridized carbons (Fsp3) is 0.571. The highest BCUT2D eigenvalue weighted by Crippen LogP contribution is 2.15. The van der Waals surface area contributed by atoms with E-state index in [0.29, 0.717) is 6.04 Å². The molecule has 1 aliphatic heterocycles. The summed E-state index contributed by atoms with van der Waals surface area (Å²) in [4.78, 5) is 2.48. The number of nitrogens with two attached hydrogens (primary N) is 2. The highest BCUT2D eigenvalue weighted by Gasteiger charge is 2.15. The molecule has 0 amide bonds. The molecule has 94 valence electrons. The maximum Gasteiger partial charge on any atom is 0.0266 e. The monoisotopic (exact) mass is 233 g/mol. The van der Waals surface area contributed by atoms with Crippen LogP contribution in [0.15, 0.2) is 24.3 Å². The molecule has 0 bridgehead atoms. The van der Waals surface area contributed by atoms with E-state index in [1.807, 2.05) is 6.92 Å². The zero-order valence-corrected chi connectivity index (χ0v) is 10.6. The number of benzene rings is 1. The van der Waals surface area contributed by atoms with Crippen molar-refractivity contribution in [2.24, 2.45) is 11.5 Å². The van der Waals surface area contributed by atoms with Crippen LogP contribution in [0.1, 0.15) is 36.9 Å². The predicted molar refractivity (Wildman–Crippen MR) is 71.5 cm³/mol. The molecule has 1 saturated heterocycles. The highest BCUT2D eigenvalue weighted by atomic mass is 15.1. The van der Waals surface area contributed by atoms with Crippen LogP contribution >= 0.6 is 0 Å². The molecule has 3 nitrogen and oxygen atoms in total. The number of hydrogen-bond acceptors (Lipinski definition) is 3. The second-order valence-corrected chi connectivity index (χ2v) is 5.14. The Kier molecular flexibility index (Phi) is 4.15. The van der Waals surface area contributed by atoms with E-state index in [1.165, 1.54) is 11.1 Å². The fourth-order valence-corrected chi connectivity index (χ4v) is 2.30. The van der Waals surface area contributed by atoms with Gasteiger partial charge in [0.1, 0.15) is 0 Å². The molecular weight excluding hydrogens is 210 g/mol. The summed E-state index contributed by atoms with van der Waals surface area (Å²) < 4.78 is 0. The van der Waals surface area contributed by atoms with Crippen molar-refractivity contribution in [3.63, 3.8) is 0 Å². The van der Waals surface area contributed by atoms with Crippen LogP contribution in [0.3, 0.4) is 0 Å². The molecule has 4 N–H and O–H groups in total. The van der Waals surface area contributed by atoms with Crippen LogP contribution in [-0.2, 0) is 6.54 Å². The SMILES string of the molecule is C[C@H](N)c1ccc(CN2CCC(N)CC2)cc1. The Hall–Kier alpha value is -0.900. The number of piperidine rings is 1. The second-order valence-electron chi connectivity index (χ2n) is 5.14. The van der Waals surface area contributed by atoms with Crippen molar-refractivity contribution >= 4 is 0 Å². The third kappa shape index (κ3) is 3.53. The van der Waals surface area contributed by atoms with Crippen LogP contribution in [0, 0.1) is 0 Å². The quantitative estimate of drug-likeness (QED) is 0.834. The Bertz CT molecular complexity index is 337. The van der Waals surface area contributed by atoms with E-state index in [4.69, 9.17) is 11.5 Å². The molecular formula is C14H23N3. The molecule has 0 spiro atoms. The molecule has 0 saturated carbocycles. The zero-order chi connectivity index (χ0) is 12.3. The van der Waals surface area contributed by atoms with Gasteiger partial charge in [0.15, 0.2) is 0 Å². The maximum atomic E-state index is 5.90. The number of likely N-dealkylation sites (tertiary alicyclic amines) is 1. The van der Waals surface area contributed by atoms with Crippen molar-refractivity contribution in [1.29, 1.82) is 0 Å². The van der Waals surface area contributed by atoms with Crippen molar-refractivity contribution in [3.05, 3.63) is 35.4 Å². The summed E-state index contributed by atoms with van der Waals surface area (Å²) in [5.74, 6) is 0. The first-order valence-electron chi connectivity index (χ1n) is 6.47. The summed E-state index contributed by atoms with van der Waals surface area (Å²) in [6.07, 6.45) is 2.25. The van der Waals surface area contributed by atoms with Gasteiger partial charge >= 0.3 is 0 Å². The summed E-state index contributed by atoms with van der Waals surface area (Å²) in [6.45, 7) is 5.29. The van der Waals surface area contributed by atoms with E-state index >= 15 is 0 Å². The minimum atomic E-state index is 0.122. The van der Waals surface area contributed by atoms with Crippen molar-refractivity contribution < 1.29 is 0 Å². The summed E-state index contributed by atoms with van der Waals surface area (Å²) in [7, 11) is 0. The second kappa shape index (κ2) is 5.63. The van der Waals surface area contributed by atoms with E-state index in [1.54, 1.807) is 0 Å². The van der Waals surface area contributed by atoms with Crippen LogP contribution in [0.2, 0.25) is 0 Å². The van der Waals surface area contributed by atoms with Gasteiger partial charge < -0.3 is 11.5 Å². The fourth-order valence-electron chi connectivity index (χ4n) is 2.30. The average molecular weight is 233 g/mol. The lowest BCUT2D eigenvalue weighted by Crippen LogP contribution is -2.39. The summed E-state index contributed by atoms with van der Waals surface area (Å²) in [6, 6.07) is 9.18. The molecule has 1 heterocycles. The lowest BCUT2D eigenvalue weighted by Gasteiger charge is -2.30. The summed E-state index contributed by atoms with van der Waals surface area (Å²) >= 11 is 0. The molecule has 3 heteroatoms. The van der Waals surface area contributed by atoms with Crippen LogP contribution in [-0.4, -0.2) is 24.0 Å². The molecule has 0 aromatic heterocycles. The van der Waals surface area contributed by atoms with Gasteiger partial charge in [0.05, 0.1) is 0 Å². The first kappa shape index (κ1) is 12.6. The van der Waals surface area contributed by atoms with E-state index in [-0.39, 0.29) is 6.04 Å². The van der Waals surface area contributed by atoms with Gasteiger partial charge in [-0.05, 0) is 44.0 Å². The molecule has 2 rings (SSSR count). The average Bonchev–Trinajstić information content (AvgIpc) is 2.33. The summed E-state index contributed by atoms with van der Waals surface area (Å²) in [5, 5.41) is 0. The summed E-state index contributed by atoms with van der Waals surface area (Å²) in [5.41, 5.74) is 14.3. The Morgan fingerprint density at radius 1 is 1.24 bits per heavy atom. The number of nitrogens with zero attached hydrogens (tertiary/aromatic N) is 1. The van der Waals surface area contributed by atoms with Gasteiger partial charge in [-0.3, -0.25) is 4.90 Å². The van der Waals surface area contributed by atoms with Crippen LogP contribution < -0.4 is 11.5 Å². The maximum absolute atomic E-state index is 5.90. The minimum Gasteiger partial charge on any atom is -0.328 e. The van der Waals surface area contributed by atoms with Gasteiger partial charge in [-0.15, -0.1) is 0 Å². The first-order valence-corrected chi connectivity index (χ1v) is 6.47. The molecule has 0 aliphatic carbocycles. The minimum absolute atomic E-state index is 0.122. The van der Waals surface area contributed by atoms with E-state index < -0.39 is 0 Å². The van der Waals surface area contributed by atoms with Gasteiger partial charge in [0.25, 0.3) is 0 Å². The van der Waals surface area contributed by atoms with E-state index in [0.717, 1.165) is 32.5 Å². The molecule has 0 radical (unpaired) electrons. The van der Waals surface area contributed by atoms with Crippen LogP contribution in [0.4, 0.5) is 0 Å². The normalized spacial score (nSPS) is 20.4. The van der Waals surface area contributed by atoms with Gasteiger partial charge in [0, 0.05) is 18.6 Å². The standard InChI is InChI=1S/C14H23N3/c1-11(15)13-4-2-12(3-5-13)10-17-8-6-14(16)7-9-17/h2-5,11,14H,6-10,15-16H2,1H3/t11-/m0/s1. The van der Waals surface area contributed by atoms with Crippen molar-refractivity contribution in [1.82, 2.24) is 4.90 Å². The highest BCUT2D eigenvalue weighted by molar-refractivity contribution is 5.24. The van der Waals surface area contributed by atoms with Crippen molar-refractivity contribution in [2.45, 2.75) is 38.4 Å². The molecule has 17 heavy (non-hydrogen) atoms. The van der Waals surface area contributed by atoms with Gasteiger partial charge in [-0.1, -0.05) is 24.3 Å². The smallest absolute Gasteiger partial charge is 0.0266 e. The van der Waals surface area contributed by atoms with Crippen molar-refractivity contribution in [2.75, 3.05) is 13.1 Å². The molecule has 0 unspecified atom stereocenters. The molecule has 1 fully saturated rings.